The summed E-state index contributed by atoms with van der Waals surface area (Å²) in [5.41, 5.74) is 2.67. The van der Waals surface area contributed by atoms with E-state index in [4.69, 9.17) is 14.5 Å². The standard InChI is InChI=1S/C19H23N5O3/c1-26-17-5-3-2-4-15(17)22-19(25)24-7-6-14-12-20-18(21-16(14)13-24)23-8-10-27-11-9-23/h2-5,12H,6-11,13H2,1H3,(H,22,25). The Balaban J connectivity index is 1.47. The summed E-state index contributed by atoms with van der Waals surface area (Å²) in [5.74, 6) is 1.35. The van der Waals surface area contributed by atoms with Gasteiger partial charge in [-0.3, -0.25) is 0 Å². The van der Waals surface area contributed by atoms with Gasteiger partial charge in [0, 0.05) is 25.8 Å². The first-order valence-electron chi connectivity index (χ1n) is 9.11. The van der Waals surface area contributed by atoms with Gasteiger partial charge in [0.05, 0.1) is 38.2 Å². The maximum Gasteiger partial charge on any atom is 0.322 e. The van der Waals surface area contributed by atoms with Gasteiger partial charge < -0.3 is 24.6 Å². The van der Waals surface area contributed by atoms with E-state index in [0.717, 1.165) is 30.8 Å². The fraction of sp³-hybridized carbons (Fsp3) is 0.421. The first-order valence-corrected chi connectivity index (χ1v) is 9.11. The molecule has 2 aliphatic heterocycles. The molecule has 27 heavy (non-hydrogen) atoms. The van der Waals surface area contributed by atoms with Crippen LogP contribution in [-0.4, -0.2) is 60.9 Å². The van der Waals surface area contributed by atoms with Crippen LogP contribution in [-0.2, 0) is 17.7 Å². The summed E-state index contributed by atoms with van der Waals surface area (Å²) < 4.78 is 10.7. The van der Waals surface area contributed by atoms with Crippen molar-refractivity contribution in [2.75, 3.05) is 50.2 Å². The fourth-order valence-corrected chi connectivity index (χ4v) is 3.32. The summed E-state index contributed by atoms with van der Waals surface area (Å²) in [5, 5.41) is 2.93. The summed E-state index contributed by atoms with van der Waals surface area (Å²) in [4.78, 5) is 25.8. The number of nitrogens with one attached hydrogen (secondary N) is 1. The number of benzene rings is 1. The molecule has 1 N–H and O–H groups in total. The van der Waals surface area contributed by atoms with Crippen LogP contribution in [0.4, 0.5) is 16.4 Å². The predicted octanol–water partition coefficient (Wildman–Crippen LogP) is 1.91. The minimum atomic E-state index is -0.156. The molecule has 4 rings (SSSR count). The molecule has 142 valence electrons. The number of ether oxygens (including phenoxy) is 2. The average molecular weight is 369 g/mol. The Morgan fingerprint density at radius 2 is 2.04 bits per heavy atom. The summed E-state index contributed by atoms with van der Waals surface area (Å²) in [7, 11) is 1.59. The van der Waals surface area contributed by atoms with Crippen molar-refractivity contribution in [2.24, 2.45) is 0 Å². The van der Waals surface area contributed by atoms with Crippen molar-refractivity contribution in [3.05, 3.63) is 41.7 Å². The van der Waals surface area contributed by atoms with E-state index in [1.54, 1.807) is 12.0 Å². The Labute approximate surface area is 158 Å². The van der Waals surface area contributed by atoms with Crippen LogP contribution in [0.3, 0.4) is 0 Å². The van der Waals surface area contributed by atoms with Crippen molar-refractivity contribution >= 4 is 17.7 Å². The van der Waals surface area contributed by atoms with E-state index < -0.39 is 0 Å². The molecule has 1 saturated heterocycles. The molecule has 0 saturated carbocycles. The quantitative estimate of drug-likeness (QED) is 0.890. The number of carbonyl (C=O) groups is 1. The molecular weight excluding hydrogens is 346 g/mol. The Bertz CT molecular complexity index is 823. The second-order valence-corrected chi connectivity index (χ2v) is 6.54. The molecule has 0 atom stereocenters. The molecule has 2 amide bonds. The molecular formula is C19H23N5O3. The van der Waals surface area contributed by atoms with E-state index in [2.05, 4.69) is 15.2 Å². The molecule has 2 aliphatic rings. The highest BCUT2D eigenvalue weighted by atomic mass is 16.5. The third-order valence-electron chi connectivity index (χ3n) is 4.86. The van der Waals surface area contributed by atoms with E-state index in [1.807, 2.05) is 30.5 Å². The Morgan fingerprint density at radius 1 is 1.22 bits per heavy atom. The minimum absolute atomic E-state index is 0.156. The average Bonchev–Trinajstić information content (AvgIpc) is 2.74. The highest BCUT2D eigenvalue weighted by molar-refractivity contribution is 5.91. The van der Waals surface area contributed by atoms with Crippen LogP contribution < -0.4 is 15.0 Å². The number of amides is 2. The SMILES string of the molecule is COc1ccccc1NC(=O)N1CCc2cnc(N3CCOCC3)nc2C1. The highest BCUT2D eigenvalue weighted by Crippen LogP contribution is 2.25. The number of methoxy groups -OCH3 is 1. The lowest BCUT2D eigenvalue weighted by molar-refractivity contribution is 0.122. The highest BCUT2D eigenvalue weighted by Gasteiger charge is 2.24. The fourth-order valence-electron chi connectivity index (χ4n) is 3.32. The molecule has 1 aromatic carbocycles. The maximum absolute atomic E-state index is 12.7. The van der Waals surface area contributed by atoms with Crippen molar-refractivity contribution < 1.29 is 14.3 Å². The molecule has 0 radical (unpaired) electrons. The molecule has 8 nitrogen and oxygen atoms in total. The Hall–Kier alpha value is -2.87. The number of nitrogens with zero attached hydrogens (tertiary/aromatic N) is 4. The molecule has 8 heteroatoms. The maximum atomic E-state index is 12.7. The van der Waals surface area contributed by atoms with Crippen LogP contribution in [0.15, 0.2) is 30.5 Å². The van der Waals surface area contributed by atoms with Gasteiger partial charge in [-0.25, -0.2) is 14.8 Å². The van der Waals surface area contributed by atoms with E-state index >= 15 is 0 Å². The number of urea groups is 1. The second kappa shape index (κ2) is 7.79. The predicted molar refractivity (Wildman–Crippen MR) is 101 cm³/mol. The molecule has 0 spiro atoms. The number of para-hydroxylation sites is 2. The number of hydrogen-bond donors (Lipinski definition) is 1. The molecule has 1 fully saturated rings. The van der Waals surface area contributed by atoms with Gasteiger partial charge in [-0.05, 0) is 24.1 Å². The second-order valence-electron chi connectivity index (χ2n) is 6.54. The third-order valence-corrected chi connectivity index (χ3v) is 4.86. The number of anilines is 2. The normalized spacial score (nSPS) is 16.6. The Kier molecular flexibility index (Phi) is 5.06. The van der Waals surface area contributed by atoms with Crippen molar-refractivity contribution in [2.45, 2.75) is 13.0 Å². The van der Waals surface area contributed by atoms with E-state index in [0.29, 0.717) is 43.7 Å². The van der Waals surface area contributed by atoms with Gasteiger partial charge in [0.1, 0.15) is 5.75 Å². The largest absolute Gasteiger partial charge is 0.495 e. The molecule has 1 aromatic heterocycles. The van der Waals surface area contributed by atoms with Gasteiger partial charge in [0.25, 0.3) is 0 Å². The molecule has 0 bridgehead atoms. The first kappa shape index (κ1) is 17.5. The molecule has 0 unspecified atom stereocenters. The van der Waals surface area contributed by atoms with Gasteiger partial charge in [0.15, 0.2) is 0 Å². The van der Waals surface area contributed by atoms with Gasteiger partial charge >= 0.3 is 6.03 Å². The molecule has 0 aliphatic carbocycles. The van der Waals surface area contributed by atoms with Gasteiger partial charge in [-0.2, -0.15) is 0 Å². The van der Waals surface area contributed by atoms with Crippen LogP contribution in [0.1, 0.15) is 11.3 Å². The topological polar surface area (TPSA) is 79.8 Å². The minimum Gasteiger partial charge on any atom is -0.495 e. The summed E-state index contributed by atoms with van der Waals surface area (Å²) >= 11 is 0. The van der Waals surface area contributed by atoms with E-state index in [1.165, 1.54) is 0 Å². The van der Waals surface area contributed by atoms with Crippen molar-refractivity contribution in [3.63, 3.8) is 0 Å². The number of morpholine rings is 1. The van der Waals surface area contributed by atoms with Crippen LogP contribution in [0.2, 0.25) is 0 Å². The van der Waals surface area contributed by atoms with Crippen LogP contribution in [0.5, 0.6) is 5.75 Å². The van der Waals surface area contributed by atoms with E-state index in [-0.39, 0.29) is 6.03 Å². The third kappa shape index (κ3) is 3.80. The first-order chi connectivity index (χ1) is 13.2. The van der Waals surface area contributed by atoms with Gasteiger partial charge in [0.2, 0.25) is 5.95 Å². The zero-order valence-electron chi connectivity index (χ0n) is 15.4. The number of hydrogen-bond acceptors (Lipinski definition) is 6. The number of rotatable bonds is 3. The van der Waals surface area contributed by atoms with E-state index in [9.17, 15) is 4.79 Å². The Morgan fingerprint density at radius 3 is 2.85 bits per heavy atom. The number of fused-ring (bicyclic) bond motifs is 1. The molecule has 3 heterocycles. The van der Waals surface area contributed by atoms with Crippen LogP contribution in [0, 0.1) is 0 Å². The summed E-state index contributed by atoms with van der Waals surface area (Å²) in [6.45, 7) is 4.06. The van der Waals surface area contributed by atoms with Crippen molar-refractivity contribution in [1.29, 1.82) is 0 Å². The number of aromatic nitrogens is 2. The molecule has 2 aromatic rings. The number of carbonyl (C=O) groups excluding carboxylic acids is 1. The lowest BCUT2D eigenvalue weighted by Crippen LogP contribution is -2.40. The van der Waals surface area contributed by atoms with Crippen molar-refractivity contribution in [3.8, 4) is 5.75 Å². The van der Waals surface area contributed by atoms with Crippen LogP contribution in [0.25, 0.3) is 0 Å². The van der Waals surface area contributed by atoms with Gasteiger partial charge in [-0.15, -0.1) is 0 Å². The summed E-state index contributed by atoms with van der Waals surface area (Å²) in [6, 6.07) is 7.23. The zero-order chi connectivity index (χ0) is 18.6. The monoisotopic (exact) mass is 369 g/mol. The van der Waals surface area contributed by atoms with Gasteiger partial charge in [-0.1, -0.05) is 12.1 Å². The lowest BCUT2D eigenvalue weighted by atomic mass is 10.1. The van der Waals surface area contributed by atoms with Crippen molar-refractivity contribution in [1.82, 2.24) is 14.9 Å². The summed E-state index contributed by atoms with van der Waals surface area (Å²) in [6.07, 6.45) is 2.64. The smallest absolute Gasteiger partial charge is 0.322 e. The van der Waals surface area contributed by atoms with Crippen LogP contribution >= 0.6 is 0 Å². The lowest BCUT2D eigenvalue weighted by Gasteiger charge is -2.30. The zero-order valence-corrected chi connectivity index (χ0v) is 15.4.